The first-order chi connectivity index (χ1) is 22.0. The molecule has 0 aromatic heterocycles. The van der Waals surface area contributed by atoms with Crippen LogP contribution in [-0.4, -0.2) is 86.0 Å². The fourth-order valence-corrected chi connectivity index (χ4v) is 8.37. The van der Waals surface area contributed by atoms with Crippen molar-refractivity contribution in [2.24, 2.45) is 17.6 Å². The summed E-state index contributed by atoms with van der Waals surface area (Å²) < 4.78 is 45.1. The second-order valence-electron chi connectivity index (χ2n) is 13.1. The minimum atomic E-state index is -4.91. The van der Waals surface area contributed by atoms with Crippen LogP contribution in [0.5, 0.6) is 5.75 Å². The van der Waals surface area contributed by atoms with Crippen molar-refractivity contribution in [2.45, 2.75) is 63.0 Å². The molecule has 0 saturated heterocycles. The van der Waals surface area contributed by atoms with Crippen molar-refractivity contribution in [3.05, 3.63) is 80.6 Å². The number of benzene rings is 2. The SMILES string of the molecule is CCN(Cc1cc(O)c2c(c1C(F)(F)F)C[C@H]1C[C@H]3[C@H](N(C)C)C(=O)C(C(N)=O)=C(O)[C@@]3(O)C(=O)C1=C2O)C1Cc2ccccc2C1. The Labute approximate surface area is 268 Å². The molecule has 0 bridgehead atoms. The van der Waals surface area contributed by atoms with Gasteiger partial charge in [0.2, 0.25) is 5.78 Å². The molecule has 13 heteroatoms. The molecular formula is C34H36F3N3O7. The summed E-state index contributed by atoms with van der Waals surface area (Å²) in [6.45, 7) is 2.15. The van der Waals surface area contributed by atoms with Gasteiger partial charge in [0.25, 0.3) is 5.91 Å². The first-order valence-electron chi connectivity index (χ1n) is 15.4. The average molecular weight is 656 g/mol. The number of carbonyl (C=O) groups excluding carboxylic acids is 3. The average Bonchev–Trinajstić information content (AvgIpc) is 3.40. The molecule has 250 valence electrons. The van der Waals surface area contributed by atoms with Crippen LogP contribution in [0.2, 0.25) is 0 Å². The standard InChI is InChI=1S/C34H36F3N3O7/c1-4-40(19-9-15-7-5-6-8-16(15)10-19)14-18-13-22(41)24-20(26(18)34(35,36)37)11-17-12-21-27(39(2)3)29(43)25(32(38)46)31(45)33(21,47)30(44)23(17)28(24)42/h5-8,13,17,19,21,27,41-42,45,47H,4,9-12,14H2,1-3H3,(H2,38,46)/t17-,21-,27-,33-/m0/s1. The van der Waals surface area contributed by atoms with E-state index < -0.39 is 98.7 Å². The number of halogens is 3. The third-order valence-electron chi connectivity index (χ3n) is 10.4. The lowest BCUT2D eigenvalue weighted by atomic mass is 9.57. The summed E-state index contributed by atoms with van der Waals surface area (Å²) in [5, 5.41) is 45.3. The summed E-state index contributed by atoms with van der Waals surface area (Å²) in [4.78, 5) is 42.7. The fourth-order valence-electron chi connectivity index (χ4n) is 8.37. The summed E-state index contributed by atoms with van der Waals surface area (Å²) in [6, 6.07) is 7.39. The molecule has 2 aromatic rings. The maximum absolute atomic E-state index is 15.0. The largest absolute Gasteiger partial charge is 0.508 e. The van der Waals surface area contributed by atoms with Crippen molar-refractivity contribution in [3.8, 4) is 5.75 Å². The quantitative estimate of drug-likeness (QED) is 0.295. The summed E-state index contributed by atoms with van der Waals surface area (Å²) in [6.07, 6.45) is -4.35. The van der Waals surface area contributed by atoms with Gasteiger partial charge >= 0.3 is 6.18 Å². The molecule has 0 heterocycles. The van der Waals surface area contributed by atoms with Gasteiger partial charge in [-0.1, -0.05) is 31.2 Å². The number of nitrogens with zero attached hydrogens (tertiary/aromatic N) is 2. The Balaban J connectivity index is 1.47. The van der Waals surface area contributed by atoms with Gasteiger partial charge in [0, 0.05) is 24.1 Å². The number of rotatable bonds is 6. The van der Waals surface area contributed by atoms with Gasteiger partial charge < -0.3 is 26.2 Å². The summed E-state index contributed by atoms with van der Waals surface area (Å²) in [7, 11) is 2.89. The van der Waals surface area contributed by atoms with E-state index in [1.54, 1.807) is 0 Å². The number of aliphatic hydroxyl groups excluding tert-OH is 2. The number of carbonyl (C=O) groups is 3. The van der Waals surface area contributed by atoms with Crippen LogP contribution in [0.15, 0.2) is 47.2 Å². The molecule has 4 atom stereocenters. The Morgan fingerprint density at radius 2 is 1.68 bits per heavy atom. The van der Waals surface area contributed by atoms with Crippen molar-refractivity contribution in [1.29, 1.82) is 0 Å². The molecule has 6 rings (SSSR count). The van der Waals surface area contributed by atoms with E-state index in [0.29, 0.717) is 19.4 Å². The molecule has 0 radical (unpaired) electrons. The minimum absolute atomic E-state index is 0.0666. The third-order valence-corrected chi connectivity index (χ3v) is 10.4. The van der Waals surface area contributed by atoms with Crippen molar-refractivity contribution >= 4 is 23.2 Å². The smallest absolute Gasteiger partial charge is 0.417 e. The number of hydrogen-bond donors (Lipinski definition) is 5. The number of phenolic OH excluding ortho intramolecular Hbond substituents is 1. The van der Waals surface area contributed by atoms with Crippen LogP contribution in [0.25, 0.3) is 5.76 Å². The monoisotopic (exact) mass is 655 g/mol. The molecule has 0 spiro atoms. The Hall–Kier alpha value is -4.20. The fraction of sp³-hybridized carbons (Fsp3) is 0.441. The summed E-state index contributed by atoms with van der Waals surface area (Å²) >= 11 is 0. The van der Waals surface area contributed by atoms with Crippen LogP contribution in [0.3, 0.4) is 0 Å². The highest BCUT2D eigenvalue weighted by molar-refractivity contribution is 6.24. The molecule has 0 unspecified atom stereocenters. The number of hydrogen-bond acceptors (Lipinski definition) is 9. The van der Waals surface area contributed by atoms with Crippen molar-refractivity contribution in [2.75, 3.05) is 20.6 Å². The topological polar surface area (TPSA) is 165 Å². The van der Waals surface area contributed by atoms with Gasteiger partial charge in [0.05, 0.1) is 17.2 Å². The Bertz CT molecular complexity index is 1760. The number of ketones is 2. The number of amides is 1. The van der Waals surface area contributed by atoms with Gasteiger partial charge in [-0.3, -0.25) is 24.2 Å². The molecular weight excluding hydrogens is 619 g/mol. The van der Waals surface area contributed by atoms with Gasteiger partial charge in [-0.05, 0) is 80.6 Å². The Morgan fingerprint density at radius 3 is 2.21 bits per heavy atom. The predicted molar refractivity (Wildman–Crippen MR) is 163 cm³/mol. The molecule has 4 aliphatic carbocycles. The third kappa shape index (κ3) is 4.85. The number of Topliss-reactive ketones (excluding diaryl/α,β-unsaturated/α-hetero) is 2. The second kappa shape index (κ2) is 11.2. The van der Waals surface area contributed by atoms with E-state index in [4.69, 9.17) is 5.73 Å². The van der Waals surface area contributed by atoms with Crippen molar-refractivity contribution in [1.82, 2.24) is 9.80 Å². The molecule has 2 aromatic carbocycles. The highest BCUT2D eigenvalue weighted by Crippen LogP contribution is 2.54. The lowest BCUT2D eigenvalue weighted by Gasteiger charge is -2.50. The zero-order valence-corrected chi connectivity index (χ0v) is 26.1. The second-order valence-corrected chi connectivity index (χ2v) is 13.1. The van der Waals surface area contributed by atoms with Gasteiger partial charge in [-0.15, -0.1) is 0 Å². The lowest BCUT2D eigenvalue weighted by molar-refractivity contribution is -0.153. The van der Waals surface area contributed by atoms with Crippen LogP contribution >= 0.6 is 0 Å². The van der Waals surface area contributed by atoms with Crippen LogP contribution < -0.4 is 5.73 Å². The molecule has 0 aliphatic heterocycles. The maximum Gasteiger partial charge on any atom is 0.417 e. The number of aliphatic hydroxyl groups is 3. The first kappa shape index (κ1) is 32.7. The van der Waals surface area contributed by atoms with E-state index >= 15 is 13.2 Å². The van der Waals surface area contributed by atoms with Crippen LogP contribution in [0.1, 0.15) is 46.7 Å². The van der Waals surface area contributed by atoms with Crippen molar-refractivity contribution in [3.63, 3.8) is 0 Å². The van der Waals surface area contributed by atoms with E-state index in [-0.39, 0.29) is 24.6 Å². The van der Waals surface area contributed by atoms with E-state index in [0.717, 1.165) is 17.2 Å². The summed E-state index contributed by atoms with van der Waals surface area (Å²) in [5.41, 5.74) is 1.03. The number of primary amides is 1. The predicted octanol–water partition coefficient (Wildman–Crippen LogP) is 2.97. The van der Waals surface area contributed by atoms with Gasteiger partial charge in [0.15, 0.2) is 11.4 Å². The number of phenols is 1. The van der Waals surface area contributed by atoms with Gasteiger partial charge in [-0.2, -0.15) is 13.2 Å². The number of fused-ring (bicyclic) bond motifs is 4. The molecule has 10 nitrogen and oxygen atoms in total. The van der Waals surface area contributed by atoms with Gasteiger partial charge in [0.1, 0.15) is 22.8 Å². The molecule has 1 amide bonds. The Kier molecular flexibility index (Phi) is 7.80. The van der Waals surface area contributed by atoms with E-state index in [9.17, 15) is 34.8 Å². The maximum atomic E-state index is 15.0. The highest BCUT2D eigenvalue weighted by Gasteiger charge is 2.64. The number of alkyl halides is 3. The molecule has 47 heavy (non-hydrogen) atoms. The molecule has 1 saturated carbocycles. The van der Waals surface area contributed by atoms with Crippen LogP contribution in [0.4, 0.5) is 13.2 Å². The highest BCUT2D eigenvalue weighted by atomic mass is 19.4. The lowest BCUT2D eigenvalue weighted by Crippen LogP contribution is -2.65. The van der Waals surface area contributed by atoms with E-state index in [2.05, 4.69) is 0 Å². The number of likely N-dealkylation sites (N-methyl/N-ethyl adjacent to an activating group) is 2. The minimum Gasteiger partial charge on any atom is -0.508 e. The zero-order valence-electron chi connectivity index (χ0n) is 26.1. The molecule has 6 N–H and O–H groups in total. The molecule has 1 fully saturated rings. The number of nitrogens with two attached hydrogens (primary N) is 1. The van der Waals surface area contributed by atoms with Crippen LogP contribution in [-0.2, 0) is 46.4 Å². The normalized spacial score (nSPS) is 26.1. The zero-order chi connectivity index (χ0) is 34.3. The molecule has 4 aliphatic rings. The number of aromatic hydroxyl groups is 1. The first-order valence-corrected chi connectivity index (χ1v) is 15.4. The van der Waals surface area contributed by atoms with Crippen molar-refractivity contribution < 1.29 is 48.0 Å². The van der Waals surface area contributed by atoms with Crippen LogP contribution in [0, 0.1) is 11.8 Å². The Morgan fingerprint density at radius 1 is 1.06 bits per heavy atom. The van der Waals surface area contributed by atoms with E-state index in [1.807, 2.05) is 36.1 Å². The van der Waals surface area contributed by atoms with E-state index in [1.165, 1.54) is 19.0 Å². The summed E-state index contributed by atoms with van der Waals surface area (Å²) in [5.74, 6) is -9.04. The van der Waals surface area contributed by atoms with Gasteiger partial charge in [-0.25, -0.2) is 0 Å².